The lowest BCUT2D eigenvalue weighted by Gasteiger charge is -2.06. The summed E-state index contributed by atoms with van der Waals surface area (Å²) >= 11 is 0. The number of nitrogens with zero attached hydrogens (tertiary/aromatic N) is 1. The number of pyridine rings is 1. The molecule has 4 rings (SSSR count). The zero-order valence-electron chi connectivity index (χ0n) is 11.5. The monoisotopic (exact) mass is 275 g/mol. The van der Waals surface area contributed by atoms with Crippen molar-refractivity contribution in [3.8, 4) is 0 Å². The maximum atomic E-state index is 11.7. The first-order valence-corrected chi connectivity index (χ1v) is 6.75. The van der Waals surface area contributed by atoms with Crippen LogP contribution in [0.2, 0.25) is 0 Å². The normalized spacial score (nSPS) is 11.5. The third-order valence-corrected chi connectivity index (χ3v) is 3.81. The molecule has 1 amide bonds. The number of para-hydroxylation sites is 1. The van der Waals surface area contributed by atoms with Gasteiger partial charge in [0, 0.05) is 21.9 Å². The fourth-order valence-corrected chi connectivity index (χ4v) is 2.91. The molecule has 2 aromatic heterocycles. The zero-order chi connectivity index (χ0) is 14.6. The summed E-state index contributed by atoms with van der Waals surface area (Å²) in [7, 11) is 0. The number of hydrogen-bond donors (Lipinski definition) is 2. The van der Waals surface area contributed by atoms with Gasteiger partial charge in [-0.05, 0) is 36.6 Å². The summed E-state index contributed by atoms with van der Waals surface area (Å²) < 4.78 is 0. The van der Waals surface area contributed by atoms with Crippen molar-refractivity contribution < 1.29 is 4.79 Å². The first-order chi connectivity index (χ1) is 10.1. The molecule has 0 atom stereocenters. The van der Waals surface area contributed by atoms with Crippen LogP contribution in [-0.2, 0) is 0 Å². The highest BCUT2D eigenvalue weighted by atomic mass is 16.1. The van der Waals surface area contributed by atoms with Crippen LogP contribution in [-0.4, -0.2) is 15.9 Å². The van der Waals surface area contributed by atoms with Crippen LogP contribution >= 0.6 is 0 Å². The molecule has 4 nitrogen and oxygen atoms in total. The van der Waals surface area contributed by atoms with E-state index >= 15 is 0 Å². The van der Waals surface area contributed by atoms with E-state index in [0.29, 0.717) is 5.69 Å². The van der Waals surface area contributed by atoms with Crippen molar-refractivity contribution in [1.29, 1.82) is 0 Å². The second-order valence-electron chi connectivity index (χ2n) is 5.28. The van der Waals surface area contributed by atoms with Crippen LogP contribution in [0.15, 0.2) is 42.5 Å². The fourth-order valence-electron chi connectivity index (χ4n) is 2.91. The SMILES string of the molecule is Cc1cc2cc3nc4ccccc4c3cc2c(C(N)=O)[nH]1. The fraction of sp³-hybridized carbons (Fsp3) is 0.0588. The molecule has 0 unspecified atom stereocenters. The number of carbonyl (C=O) groups is 1. The number of fused-ring (bicyclic) bond motifs is 4. The number of aromatic amines is 1. The topological polar surface area (TPSA) is 71.8 Å². The lowest BCUT2D eigenvalue weighted by Crippen LogP contribution is -2.14. The smallest absolute Gasteiger partial charge is 0.265 e. The Morgan fingerprint density at radius 2 is 1.86 bits per heavy atom. The lowest BCUT2D eigenvalue weighted by molar-refractivity contribution is 0.0997. The molecule has 0 radical (unpaired) electrons. The largest absolute Gasteiger partial charge is 0.364 e. The van der Waals surface area contributed by atoms with Crippen LogP contribution in [0.1, 0.15) is 16.2 Å². The van der Waals surface area contributed by atoms with Crippen molar-refractivity contribution in [3.05, 3.63) is 53.9 Å². The summed E-state index contributed by atoms with van der Waals surface area (Å²) in [6, 6.07) is 14.0. The van der Waals surface area contributed by atoms with Crippen molar-refractivity contribution in [2.75, 3.05) is 0 Å². The molecule has 0 saturated carbocycles. The Morgan fingerprint density at radius 3 is 2.67 bits per heavy atom. The van der Waals surface area contributed by atoms with Crippen LogP contribution in [0.4, 0.5) is 0 Å². The zero-order valence-corrected chi connectivity index (χ0v) is 11.5. The van der Waals surface area contributed by atoms with Crippen LogP contribution < -0.4 is 5.73 Å². The molecule has 0 bridgehead atoms. The number of amides is 1. The number of primary amides is 1. The summed E-state index contributed by atoms with van der Waals surface area (Å²) in [4.78, 5) is 19.4. The first kappa shape index (κ1) is 11.9. The minimum Gasteiger partial charge on any atom is -0.364 e. The van der Waals surface area contributed by atoms with Gasteiger partial charge < -0.3 is 10.7 Å². The molecule has 4 heteroatoms. The van der Waals surface area contributed by atoms with Crippen molar-refractivity contribution in [2.45, 2.75) is 6.92 Å². The quantitative estimate of drug-likeness (QED) is 0.559. The Kier molecular flexibility index (Phi) is 2.30. The van der Waals surface area contributed by atoms with Gasteiger partial charge in [-0.1, -0.05) is 18.2 Å². The molecule has 3 N–H and O–H groups in total. The minimum absolute atomic E-state index is 0.442. The van der Waals surface area contributed by atoms with E-state index in [0.717, 1.165) is 38.3 Å². The molecule has 0 aliphatic heterocycles. The summed E-state index contributed by atoms with van der Waals surface area (Å²) in [6.07, 6.45) is 0. The highest BCUT2D eigenvalue weighted by molar-refractivity contribution is 6.15. The number of H-pyrrole nitrogens is 1. The maximum absolute atomic E-state index is 11.7. The van der Waals surface area contributed by atoms with Crippen molar-refractivity contribution in [3.63, 3.8) is 0 Å². The molecular formula is C17H13N3O. The van der Waals surface area contributed by atoms with Gasteiger partial charge in [0.25, 0.3) is 5.91 Å². The summed E-state index contributed by atoms with van der Waals surface area (Å²) in [6.45, 7) is 1.91. The second-order valence-corrected chi connectivity index (χ2v) is 5.28. The van der Waals surface area contributed by atoms with E-state index in [1.54, 1.807) is 0 Å². The Morgan fingerprint density at radius 1 is 1.05 bits per heavy atom. The molecular weight excluding hydrogens is 262 g/mol. The molecule has 0 spiro atoms. The van der Waals surface area contributed by atoms with Gasteiger partial charge in [0.15, 0.2) is 0 Å². The Hall–Kier alpha value is -2.88. The number of rotatable bonds is 1. The summed E-state index contributed by atoms with van der Waals surface area (Å²) in [5.74, 6) is -0.452. The molecule has 21 heavy (non-hydrogen) atoms. The van der Waals surface area contributed by atoms with Crippen molar-refractivity contribution in [1.82, 2.24) is 9.97 Å². The van der Waals surface area contributed by atoms with Crippen molar-refractivity contribution >= 4 is 38.5 Å². The standard InChI is InChI=1S/C17H13N3O/c1-9-6-10-7-15-13(8-12(10)16(19-9)17(18)21)11-4-2-3-5-14(11)20-15/h2-8,19H,1H3,(H2,18,21). The molecule has 0 aliphatic carbocycles. The van der Waals surface area contributed by atoms with Crippen LogP contribution in [0, 0.1) is 6.92 Å². The van der Waals surface area contributed by atoms with E-state index in [2.05, 4.69) is 9.97 Å². The Bertz CT molecular complexity index is 1030. The number of benzene rings is 2. The van der Waals surface area contributed by atoms with E-state index in [1.165, 1.54) is 0 Å². The summed E-state index contributed by atoms with van der Waals surface area (Å²) in [5, 5.41) is 3.93. The average molecular weight is 275 g/mol. The van der Waals surface area contributed by atoms with Crippen LogP contribution in [0.5, 0.6) is 0 Å². The predicted molar refractivity (Wildman–Crippen MR) is 84.4 cm³/mol. The summed E-state index contributed by atoms with van der Waals surface area (Å²) in [5.41, 5.74) is 8.73. The van der Waals surface area contributed by atoms with Crippen molar-refractivity contribution in [2.24, 2.45) is 5.73 Å². The molecule has 0 saturated heterocycles. The third-order valence-electron chi connectivity index (χ3n) is 3.81. The number of aryl methyl sites for hydroxylation is 1. The molecule has 0 aliphatic rings. The van der Waals surface area contributed by atoms with Gasteiger partial charge in [-0.15, -0.1) is 0 Å². The average Bonchev–Trinajstić information content (AvgIpc) is 2.81. The third kappa shape index (κ3) is 1.69. The van der Waals surface area contributed by atoms with Gasteiger partial charge in [-0.25, -0.2) is 4.98 Å². The highest BCUT2D eigenvalue weighted by Gasteiger charge is 2.12. The number of nitrogens with two attached hydrogens (primary N) is 1. The number of carbonyl (C=O) groups excluding carboxylic acids is 1. The van der Waals surface area contributed by atoms with Crippen LogP contribution in [0.3, 0.4) is 0 Å². The molecule has 4 aromatic rings. The van der Waals surface area contributed by atoms with E-state index in [-0.39, 0.29) is 0 Å². The number of hydrogen-bond acceptors (Lipinski definition) is 2. The molecule has 2 aromatic carbocycles. The van der Waals surface area contributed by atoms with E-state index in [9.17, 15) is 4.79 Å². The molecule has 102 valence electrons. The highest BCUT2D eigenvalue weighted by Crippen LogP contribution is 2.30. The van der Waals surface area contributed by atoms with E-state index < -0.39 is 5.91 Å². The van der Waals surface area contributed by atoms with Gasteiger partial charge in [-0.2, -0.15) is 0 Å². The number of nitrogens with one attached hydrogen (secondary N) is 1. The number of aromatic nitrogens is 2. The van der Waals surface area contributed by atoms with Gasteiger partial charge in [0.2, 0.25) is 0 Å². The van der Waals surface area contributed by atoms with Crippen LogP contribution in [0.25, 0.3) is 32.6 Å². The Balaban J connectivity index is 2.22. The van der Waals surface area contributed by atoms with Gasteiger partial charge in [0.1, 0.15) is 5.69 Å². The molecule has 2 heterocycles. The first-order valence-electron chi connectivity index (χ1n) is 6.75. The lowest BCUT2D eigenvalue weighted by atomic mass is 10.0. The predicted octanol–water partition coefficient (Wildman–Crippen LogP) is 3.28. The van der Waals surface area contributed by atoms with Gasteiger partial charge in [0.05, 0.1) is 11.0 Å². The molecule has 0 fully saturated rings. The second kappa shape index (κ2) is 4.06. The van der Waals surface area contributed by atoms with E-state index in [1.807, 2.05) is 49.4 Å². The minimum atomic E-state index is -0.452. The van der Waals surface area contributed by atoms with E-state index in [4.69, 9.17) is 5.73 Å². The maximum Gasteiger partial charge on any atom is 0.265 e. The Labute approximate surface area is 120 Å². The van der Waals surface area contributed by atoms with Gasteiger partial charge in [-0.3, -0.25) is 4.79 Å². The van der Waals surface area contributed by atoms with Gasteiger partial charge >= 0.3 is 0 Å².